The van der Waals surface area contributed by atoms with Crippen LogP contribution in [0.25, 0.3) is 10.9 Å². The molecule has 7 nitrogen and oxygen atoms in total. The minimum absolute atomic E-state index is 0.207. The molecule has 1 aliphatic carbocycles. The summed E-state index contributed by atoms with van der Waals surface area (Å²) in [4.78, 5) is 26.1. The molecule has 0 radical (unpaired) electrons. The van der Waals surface area contributed by atoms with Gasteiger partial charge in [-0.25, -0.2) is 5.48 Å². The number of aromatic nitrogens is 1. The molecule has 0 unspecified atom stereocenters. The molecule has 1 fully saturated rings. The van der Waals surface area contributed by atoms with Gasteiger partial charge in [0.2, 0.25) is 5.91 Å². The van der Waals surface area contributed by atoms with Crippen molar-refractivity contribution in [3.8, 4) is 5.75 Å². The van der Waals surface area contributed by atoms with Crippen LogP contribution >= 0.6 is 0 Å². The van der Waals surface area contributed by atoms with Gasteiger partial charge in [-0.3, -0.25) is 14.8 Å². The number of fused-ring (bicyclic) bond motifs is 1. The van der Waals surface area contributed by atoms with Gasteiger partial charge in [0.15, 0.2) is 0 Å². The molecule has 1 saturated carbocycles. The van der Waals surface area contributed by atoms with Crippen LogP contribution in [0.5, 0.6) is 5.75 Å². The zero-order valence-electron chi connectivity index (χ0n) is 23.2. The van der Waals surface area contributed by atoms with Crippen molar-refractivity contribution in [1.82, 2.24) is 14.9 Å². The summed E-state index contributed by atoms with van der Waals surface area (Å²) in [5.41, 5.74) is 4.06. The Balaban J connectivity index is 1.12. The number of amides is 2. The average Bonchev–Trinajstić information content (AvgIpc) is 3.33. The fraction of sp³-hybridized carbons (Fsp3) is 0.500. The van der Waals surface area contributed by atoms with Crippen molar-refractivity contribution in [2.24, 2.45) is 5.92 Å². The Hall–Kier alpha value is -3.32. The number of nitrogens with zero attached hydrogens (tertiary/aromatic N) is 2. The molecule has 0 aliphatic heterocycles. The minimum Gasteiger partial charge on any atom is -0.492 e. The quantitative estimate of drug-likeness (QED) is 0.122. The SMILES string of the molecule is CN(Cc1ccc(OCCn2ccc3ccc(C(=O)NO)cc32)cc1)C(=O)CCCCCCCCC1CCC1. The summed E-state index contributed by atoms with van der Waals surface area (Å²) < 4.78 is 7.96. The molecule has 0 bridgehead atoms. The van der Waals surface area contributed by atoms with Crippen LogP contribution in [0.2, 0.25) is 0 Å². The highest BCUT2D eigenvalue weighted by Gasteiger charge is 2.16. The van der Waals surface area contributed by atoms with Gasteiger partial charge in [0.05, 0.1) is 6.54 Å². The Kier molecular flexibility index (Phi) is 10.8. The van der Waals surface area contributed by atoms with Gasteiger partial charge in [-0.15, -0.1) is 0 Å². The van der Waals surface area contributed by atoms with Crippen LogP contribution in [0.15, 0.2) is 54.7 Å². The van der Waals surface area contributed by atoms with Crippen molar-refractivity contribution in [1.29, 1.82) is 0 Å². The lowest BCUT2D eigenvalue weighted by molar-refractivity contribution is -0.130. The topological polar surface area (TPSA) is 83.8 Å². The first-order chi connectivity index (χ1) is 19.0. The lowest BCUT2D eigenvalue weighted by Gasteiger charge is -2.24. The zero-order valence-corrected chi connectivity index (χ0v) is 23.2. The van der Waals surface area contributed by atoms with E-state index >= 15 is 0 Å². The number of carbonyl (C=O) groups is 2. The van der Waals surface area contributed by atoms with Crippen LogP contribution in [-0.4, -0.2) is 40.1 Å². The molecule has 39 heavy (non-hydrogen) atoms. The molecular weight excluding hydrogens is 490 g/mol. The van der Waals surface area contributed by atoms with Crippen LogP contribution < -0.4 is 10.2 Å². The van der Waals surface area contributed by atoms with Gasteiger partial charge in [0.1, 0.15) is 12.4 Å². The van der Waals surface area contributed by atoms with E-state index < -0.39 is 5.91 Å². The first-order valence-corrected chi connectivity index (χ1v) is 14.5. The first-order valence-electron chi connectivity index (χ1n) is 14.5. The van der Waals surface area contributed by atoms with Crippen molar-refractivity contribution in [2.75, 3.05) is 13.7 Å². The van der Waals surface area contributed by atoms with Crippen LogP contribution in [0, 0.1) is 5.92 Å². The number of nitrogens with one attached hydrogen (secondary N) is 1. The van der Waals surface area contributed by atoms with Gasteiger partial charge in [-0.1, -0.05) is 76.0 Å². The van der Waals surface area contributed by atoms with Gasteiger partial charge in [0, 0.05) is 37.3 Å². The van der Waals surface area contributed by atoms with Gasteiger partial charge < -0.3 is 14.2 Å². The second kappa shape index (κ2) is 14.7. The van der Waals surface area contributed by atoms with Crippen LogP contribution in [0.3, 0.4) is 0 Å². The second-order valence-electron chi connectivity index (χ2n) is 10.9. The summed E-state index contributed by atoms with van der Waals surface area (Å²) in [6.45, 7) is 1.69. The van der Waals surface area contributed by atoms with Gasteiger partial charge in [-0.05, 0) is 53.6 Å². The van der Waals surface area contributed by atoms with E-state index in [0.29, 0.717) is 31.7 Å². The third kappa shape index (κ3) is 8.59. The van der Waals surface area contributed by atoms with E-state index in [-0.39, 0.29) is 5.91 Å². The van der Waals surface area contributed by atoms with Gasteiger partial charge in [-0.2, -0.15) is 0 Å². The highest BCUT2D eigenvalue weighted by atomic mass is 16.5. The molecule has 0 spiro atoms. The predicted molar refractivity (Wildman–Crippen MR) is 154 cm³/mol. The lowest BCUT2D eigenvalue weighted by atomic mass is 9.81. The number of rotatable bonds is 16. The Bertz CT molecular complexity index is 1200. The maximum Gasteiger partial charge on any atom is 0.274 e. The third-order valence-corrected chi connectivity index (χ3v) is 7.99. The van der Waals surface area contributed by atoms with Crippen molar-refractivity contribution < 1.29 is 19.5 Å². The Morgan fingerprint density at radius 3 is 2.46 bits per heavy atom. The number of carbonyl (C=O) groups excluding carboxylic acids is 2. The first kappa shape index (κ1) is 28.7. The van der Waals surface area contributed by atoms with E-state index in [1.807, 2.05) is 59.1 Å². The predicted octanol–water partition coefficient (Wildman–Crippen LogP) is 6.72. The Morgan fingerprint density at radius 1 is 1.00 bits per heavy atom. The van der Waals surface area contributed by atoms with Crippen molar-refractivity contribution in [3.05, 3.63) is 65.9 Å². The lowest BCUT2D eigenvalue weighted by Crippen LogP contribution is -2.25. The van der Waals surface area contributed by atoms with E-state index in [0.717, 1.165) is 41.0 Å². The number of hydroxylamine groups is 1. The highest BCUT2D eigenvalue weighted by Crippen LogP contribution is 2.31. The molecular formula is C32H43N3O4. The smallest absolute Gasteiger partial charge is 0.274 e. The van der Waals surface area contributed by atoms with Gasteiger partial charge >= 0.3 is 0 Å². The van der Waals surface area contributed by atoms with E-state index in [4.69, 9.17) is 9.94 Å². The third-order valence-electron chi connectivity index (χ3n) is 7.99. The summed E-state index contributed by atoms with van der Waals surface area (Å²) in [5.74, 6) is 1.48. The molecule has 1 heterocycles. The average molecular weight is 534 g/mol. The summed E-state index contributed by atoms with van der Waals surface area (Å²) >= 11 is 0. The fourth-order valence-electron chi connectivity index (χ4n) is 5.29. The normalized spacial score (nSPS) is 13.3. The molecule has 4 rings (SSSR count). The molecule has 1 aliphatic rings. The standard InChI is InChI=1S/C32H43N3O4/c1-34(31(36)12-7-5-3-2-4-6-9-25-10-8-11-25)24-26-13-17-29(18-14-26)39-22-21-35-20-19-27-15-16-28(23-30(27)35)32(37)33-38/h13-20,23,25,38H,2-12,21-22,24H2,1H3,(H,33,37). The molecule has 210 valence electrons. The molecule has 2 N–H and O–H groups in total. The number of benzene rings is 2. The number of ether oxygens (including phenoxy) is 1. The maximum atomic E-state index is 12.6. The van der Waals surface area contributed by atoms with Crippen LogP contribution in [0.1, 0.15) is 86.6 Å². The number of hydrogen-bond donors (Lipinski definition) is 2. The van der Waals surface area contributed by atoms with E-state index in [1.54, 1.807) is 17.6 Å². The second-order valence-corrected chi connectivity index (χ2v) is 10.9. The minimum atomic E-state index is -0.534. The van der Waals surface area contributed by atoms with E-state index in [2.05, 4.69) is 0 Å². The monoisotopic (exact) mass is 533 g/mol. The molecule has 0 saturated heterocycles. The Labute approximate surface area is 232 Å². The zero-order chi connectivity index (χ0) is 27.5. The molecule has 3 aromatic rings. The van der Waals surface area contributed by atoms with E-state index in [9.17, 15) is 9.59 Å². The summed E-state index contributed by atoms with van der Waals surface area (Å²) in [6.07, 6.45) is 15.8. The number of unbranched alkanes of at least 4 members (excludes halogenated alkanes) is 5. The Morgan fingerprint density at radius 2 is 1.74 bits per heavy atom. The van der Waals surface area contributed by atoms with Gasteiger partial charge in [0.25, 0.3) is 5.91 Å². The molecule has 7 heteroatoms. The summed E-state index contributed by atoms with van der Waals surface area (Å²) in [7, 11) is 1.88. The van der Waals surface area contributed by atoms with Crippen molar-refractivity contribution in [2.45, 2.75) is 83.7 Å². The highest BCUT2D eigenvalue weighted by molar-refractivity contribution is 5.97. The van der Waals surface area contributed by atoms with E-state index in [1.165, 1.54) is 51.4 Å². The maximum absolute atomic E-state index is 12.6. The summed E-state index contributed by atoms with van der Waals surface area (Å²) in [6, 6.07) is 15.2. The van der Waals surface area contributed by atoms with Crippen molar-refractivity contribution >= 4 is 22.7 Å². The van der Waals surface area contributed by atoms with Crippen molar-refractivity contribution in [3.63, 3.8) is 0 Å². The fourth-order valence-corrected chi connectivity index (χ4v) is 5.29. The summed E-state index contributed by atoms with van der Waals surface area (Å²) in [5, 5.41) is 9.91. The van der Waals surface area contributed by atoms with Crippen LogP contribution in [0.4, 0.5) is 0 Å². The molecule has 2 aromatic carbocycles. The number of hydrogen-bond acceptors (Lipinski definition) is 4. The molecule has 0 atom stereocenters. The largest absolute Gasteiger partial charge is 0.492 e. The molecule has 1 aromatic heterocycles. The molecule has 2 amide bonds. The van der Waals surface area contributed by atoms with Crippen LogP contribution in [-0.2, 0) is 17.9 Å².